The van der Waals surface area contributed by atoms with Gasteiger partial charge in [-0.25, -0.2) is 0 Å². The van der Waals surface area contributed by atoms with Gasteiger partial charge in [0.15, 0.2) is 0 Å². The Labute approximate surface area is 154 Å². The highest BCUT2D eigenvalue weighted by Crippen LogP contribution is 2.40. The third-order valence-electron chi connectivity index (χ3n) is 5.54. The van der Waals surface area contributed by atoms with Crippen LogP contribution in [0.3, 0.4) is 0 Å². The molecule has 0 saturated heterocycles. The second-order valence-electron chi connectivity index (χ2n) is 7.17. The summed E-state index contributed by atoms with van der Waals surface area (Å²) in [6, 6.07) is 26.6. The molecule has 5 rings (SSSR count). The molecule has 1 aliphatic rings. The number of H-pyrrole nitrogens is 1. The Balaban J connectivity index is 1.74. The Bertz CT molecular complexity index is 1060. The fourth-order valence-corrected chi connectivity index (χ4v) is 4.28. The second-order valence-corrected chi connectivity index (χ2v) is 7.17. The van der Waals surface area contributed by atoms with Crippen molar-refractivity contribution in [3.63, 3.8) is 0 Å². The summed E-state index contributed by atoms with van der Waals surface area (Å²) in [5.41, 5.74) is 8.04. The number of aromatic nitrogens is 1. The number of rotatable bonds is 2. The van der Waals surface area contributed by atoms with Crippen LogP contribution in [0.4, 0.5) is 5.69 Å². The first kappa shape index (κ1) is 15.3. The standard InChI is InChI=1S/C24H22N2/c1-17-11-12-23-21(15-17)22(16-25-23)24-20-10-6-5-7-18(20)13-14-26(24)19-8-3-2-4-9-19/h2-12,15-16,24-25H,13-14H2,1H3. The van der Waals surface area contributed by atoms with Crippen LogP contribution in [-0.4, -0.2) is 11.5 Å². The molecule has 0 aliphatic carbocycles. The summed E-state index contributed by atoms with van der Waals surface area (Å²) in [7, 11) is 0. The van der Waals surface area contributed by atoms with E-state index in [4.69, 9.17) is 0 Å². The van der Waals surface area contributed by atoms with Gasteiger partial charge in [0.05, 0.1) is 6.04 Å². The van der Waals surface area contributed by atoms with E-state index in [1.54, 1.807) is 0 Å². The maximum atomic E-state index is 3.49. The molecule has 0 spiro atoms. The van der Waals surface area contributed by atoms with Crippen LogP contribution in [0.15, 0.2) is 79.0 Å². The first-order chi connectivity index (χ1) is 12.8. The zero-order valence-electron chi connectivity index (χ0n) is 14.9. The van der Waals surface area contributed by atoms with Gasteiger partial charge in [0.1, 0.15) is 0 Å². The first-order valence-electron chi connectivity index (χ1n) is 9.28. The zero-order chi connectivity index (χ0) is 17.5. The Morgan fingerprint density at radius 2 is 1.69 bits per heavy atom. The van der Waals surface area contributed by atoms with Crippen molar-refractivity contribution in [3.8, 4) is 0 Å². The Kier molecular flexibility index (Phi) is 3.56. The van der Waals surface area contributed by atoms with Gasteiger partial charge in [0.2, 0.25) is 0 Å². The molecule has 0 saturated carbocycles. The molecule has 0 bridgehead atoms. The van der Waals surface area contributed by atoms with Gasteiger partial charge < -0.3 is 9.88 Å². The van der Waals surface area contributed by atoms with Crippen LogP contribution in [-0.2, 0) is 6.42 Å². The van der Waals surface area contributed by atoms with E-state index < -0.39 is 0 Å². The van der Waals surface area contributed by atoms with E-state index in [1.807, 2.05) is 0 Å². The van der Waals surface area contributed by atoms with E-state index in [1.165, 1.54) is 38.8 Å². The summed E-state index contributed by atoms with van der Waals surface area (Å²) in [6.07, 6.45) is 3.29. The van der Waals surface area contributed by atoms with Crippen LogP contribution < -0.4 is 4.90 Å². The van der Waals surface area contributed by atoms with E-state index in [9.17, 15) is 0 Å². The lowest BCUT2D eigenvalue weighted by Crippen LogP contribution is -2.36. The van der Waals surface area contributed by atoms with Gasteiger partial charge in [-0.3, -0.25) is 0 Å². The van der Waals surface area contributed by atoms with Crippen molar-refractivity contribution in [1.82, 2.24) is 4.98 Å². The highest BCUT2D eigenvalue weighted by atomic mass is 15.2. The number of fused-ring (bicyclic) bond motifs is 2. The zero-order valence-corrected chi connectivity index (χ0v) is 14.9. The molecule has 26 heavy (non-hydrogen) atoms. The topological polar surface area (TPSA) is 19.0 Å². The van der Waals surface area contributed by atoms with Gasteiger partial charge >= 0.3 is 0 Å². The molecule has 2 heterocycles. The quantitative estimate of drug-likeness (QED) is 0.502. The monoisotopic (exact) mass is 338 g/mol. The second kappa shape index (κ2) is 6.06. The molecule has 0 radical (unpaired) electrons. The number of hydrogen-bond donors (Lipinski definition) is 1. The molecule has 128 valence electrons. The smallest absolute Gasteiger partial charge is 0.0819 e. The molecule has 3 aromatic carbocycles. The van der Waals surface area contributed by atoms with E-state index in [0.717, 1.165) is 13.0 Å². The largest absolute Gasteiger partial charge is 0.361 e. The predicted octanol–water partition coefficient (Wildman–Crippen LogP) is 5.63. The normalized spacial score (nSPS) is 16.7. The number of hydrogen-bond acceptors (Lipinski definition) is 1. The average Bonchev–Trinajstić information content (AvgIpc) is 3.10. The maximum Gasteiger partial charge on any atom is 0.0819 e. The lowest BCUT2D eigenvalue weighted by Gasteiger charge is -2.39. The Morgan fingerprint density at radius 1 is 0.885 bits per heavy atom. The fourth-order valence-electron chi connectivity index (χ4n) is 4.28. The van der Waals surface area contributed by atoms with Crippen molar-refractivity contribution in [1.29, 1.82) is 0 Å². The van der Waals surface area contributed by atoms with Crippen LogP contribution in [0.5, 0.6) is 0 Å². The molecule has 1 aliphatic heterocycles. The van der Waals surface area contributed by atoms with Crippen LogP contribution in [0.25, 0.3) is 10.9 Å². The lowest BCUT2D eigenvalue weighted by atomic mass is 9.87. The van der Waals surface area contributed by atoms with Crippen molar-refractivity contribution < 1.29 is 0 Å². The number of nitrogens with zero attached hydrogens (tertiary/aromatic N) is 1. The van der Waals surface area contributed by atoms with Crippen LogP contribution in [0.2, 0.25) is 0 Å². The first-order valence-corrected chi connectivity index (χ1v) is 9.28. The molecule has 1 unspecified atom stereocenters. The van der Waals surface area contributed by atoms with Gasteiger partial charge in [-0.1, -0.05) is 54.1 Å². The minimum atomic E-state index is 0.234. The lowest BCUT2D eigenvalue weighted by molar-refractivity contribution is 0.656. The van der Waals surface area contributed by atoms with Crippen LogP contribution in [0.1, 0.15) is 28.3 Å². The maximum absolute atomic E-state index is 3.49. The number of benzene rings is 3. The molecule has 1 N–H and O–H groups in total. The summed E-state index contributed by atoms with van der Waals surface area (Å²) < 4.78 is 0. The van der Waals surface area contributed by atoms with Crippen molar-refractivity contribution in [2.75, 3.05) is 11.4 Å². The molecule has 2 nitrogen and oxygen atoms in total. The summed E-state index contributed by atoms with van der Waals surface area (Å²) in [6.45, 7) is 3.20. The molecule has 0 amide bonds. The summed E-state index contributed by atoms with van der Waals surface area (Å²) in [4.78, 5) is 6.04. The molecule has 4 aromatic rings. The van der Waals surface area contributed by atoms with Gasteiger partial charge in [0.25, 0.3) is 0 Å². The van der Waals surface area contributed by atoms with Crippen LogP contribution >= 0.6 is 0 Å². The number of nitrogens with one attached hydrogen (secondary N) is 1. The molecule has 2 heteroatoms. The minimum absolute atomic E-state index is 0.234. The fraction of sp³-hybridized carbons (Fsp3) is 0.167. The Morgan fingerprint density at radius 3 is 2.58 bits per heavy atom. The number of aromatic amines is 1. The number of para-hydroxylation sites is 1. The SMILES string of the molecule is Cc1ccc2[nH]cc(C3c4ccccc4CCN3c3ccccc3)c2c1. The van der Waals surface area contributed by atoms with E-state index in [2.05, 4.69) is 95.8 Å². The highest BCUT2D eigenvalue weighted by molar-refractivity contribution is 5.85. The van der Waals surface area contributed by atoms with Gasteiger partial charge in [0, 0.05) is 34.9 Å². The van der Waals surface area contributed by atoms with Crippen molar-refractivity contribution in [2.45, 2.75) is 19.4 Å². The third kappa shape index (κ3) is 2.41. The van der Waals surface area contributed by atoms with Crippen molar-refractivity contribution in [2.24, 2.45) is 0 Å². The highest BCUT2D eigenvalue weighted by Gasteiger charge is 2.30. The average molecular weight is 338 g/mol. The van der Waals surface area contributed by atoms with E-state index in [0.29, 0.717) is 0 Å². The molecular formula is C24H22N2. The van der Waals surface area contributed by atoms with Crippen LogP contribution in [0, 0.1) is 6.92 Å². The molecule has 1 aromatic heterocycles. The van der Waals surface area contributed by atoms with Gasteiger partial charge in [-0.05, 0) is 48.7 Å². The van der Waals surface area contributed by atoms with E-state index in [-0.39, 0.29) is 6.04 Å². The molecule has 1 atom stereocenters. The predicted molar refractivity (Wildman–Crippen MR) is 109 cm³/mol. The summed E-state index contributed by atoms with van der Waals surface area (Å²) in [5, 5.41) is 1.33. The molecular weight excluding hydrogens is 316 g/mol. The van der Waals surface area contributed by atoms with Gasteiger partial charge in [-0.2, -0.15) is 0 Å². The Hall–Kier alpha value is -3.00. The molecule has 0 fully saturated rings. The van der Waals surface area contributed by atoms with Crippen molar-refractivity contribution in [3.05, 3.63) is 101 Å². The van der Waals surface area contributed by atoms with Crippen molar-refractivity contribution >= 4 is 16.6 Å². The minimum Gasteiger partial charge on any atom is -0.361 e. The number of anilines is 1. The number of aryl methyl sites for hydroxylation is 1. The summed E-state index contributed by atoms with van der Waals surface area (Å²) in [5.74, 6) is 0. The van der Waals surface area contributed by atoms with E-state index >= 15 is 0 Å². The van der Waals surface area contributed by atoms with Gasteiger partial charge in [-0.15, -0.1) is 0 Å². The summed E-state index contributed by atoms with van der Waals surface area (Å²) >= 11 is 0. The third-order valence-corrected chi connectivity index (χ3v) is 5.54.